The van der Waals surface area contributed by atoms with Crippen molar-refractivity contribution >= 4 is 11.7 Å². The summed E-state index contributed by atoms with van der Waals surface area (Å²) in [5.74, 6) is -1.02. The smallest absolute Gasteiger partial charge is 0.256 e. The van der Waals surface area contributed by atoms with Crippen LogP contribution in [0.1, 0.15) is 23.0 Å². The van der Waals surface area contributed by atoms with Gasteiger partial charge < -0.3 is 9.80 Å². The molecule has 0 bridgehead atoms. The predicted molar refractivity (Wildman–Crippen MR) is 85.9 cm³/mol. The summed E-state index contributed by atoms with van der Waals surface area (Å²) in [6.45, 7) is 3.49. The van der Waals surface area contributed by atoms with E-state index in [2.05, 4.69) is 9.97 Å². The van der Waals surface area contributed by atoms with E-state index in [0.29, 0.717) is 38.3 Å². The number of piperazine rings is 1. The number of anilines is 1. The number of rotatable bonds is 3. The lowest BCUT2D eigenvalue weighted by Crippen LogP contribution is -2.49. The van der Waals surface area contributed by atoms with Crippen LogP contribution in [0, 0.1) is 11.6 Å². The molecule has 0 saturated carbocycles. The van der Waals surface area contributed by atoms with Gasteiger partial charge >= 0.3 is 0 Å². The number of nitrogens with zero attached hydrogens (tertiary/aromatic N) is 4. The first-order valence-corrected chi connectivity index (χ1v) is 7.90. The monoisotopic (exact) mass is 332 g/mol. The molecule has 1 amide bonds. The second kappa shape index (κ2) is 6.90. The fourth-order valence-electron chi connectivity index (χ4n) is 2.79. The van der Waals surface area contributed by atoms with Crippen molar-refractivity contribution in [3.8, 4) is 0 Å². The fourth-order valence-corrected chi connectivity index (χ4v) is 2.79. The van der Waals surface area contributed by atoms with Crippen LogP contribution in [-0.2, 0) is 6.42 Å². The molecule has 5 nitrogen and oxygen atoms in total. The highest BCUT2D eigenvalue weighted by molar-refractivity contribution is 5.94. The maximum atomic E-state index is 14.3. The van der Waals surface area contributed by atoms with Gasteiger partial charge in [0, 0.05) is 26.2 Å². The third-order valence-electron chi connectivity index (χ3n) is 4.15. The molecule has 2 heterocycles. The van der Waals surface area contributed by atoms with Crippen molar-refractivity contribution in [2.45, 2.75) is 13.3 Å². The standard InChI is InChI=1S/C17H18F2N4O/c1-2-14-15(19)16(21-11-20-14)22-7-9-23(10-8-22)17(24)12-5-3-4-6-13(12)18/h3-6,11H,2,7-10H2,1H3. The molecule has 1 aromatic carbocycles. The minimum absolute atomic E-state index is 0.0624. The molecule has 24 heavy (non-hydrogen) atoms. The Kier molecular flexibility index (Phi) is 4.69. The van der Waals surface area contributed by atoms with Crippen molar-refractivity contribution in [2.24, 2.45) is 0 Å². The van der Waals surface area contributed by atoms with Crippen LogP contribution in [0.5, 0.6) is 0 Å². The Morgan fingerprint density at radius 2 is 1.83 bits per heavy atom. The summed E-state index contributed by atoms with van der Waals surface area (Å²) >= 11 is 0. The van der Waals surface area contributed by atoms with E-state index < -0.39 is 11.6 Å². The molecular formula is C17H18F2N4O. The lowest BCUT2D eigenvalue weighted by molar-refractivity contribution is 0.0741. The quantitative estimate of drug-likeness (QED) is 0.865. The highest BCUT2D eigenvalue weighted by Crippen LogP contribution is 2.20. The highest BCUT2D eigenvalue weighted by atomic mass is 19.1. The Morgan fingerprint density at radius 1 is 1.12 bits per heavy atom. The van der Waals surface area contributed by atoms with E-state index in [9.17, 15) is 13.6 Å². The number of carbonyl (C=O) groups excluding carboxylic acids is 1. The van der Waals surface area contributed by atoms with Gasteiger partial charge in [-0.15, -0.1) is 0 Å². The Morgan fingerprint density at radius 3 is 2.50 bits per heavy atom. The molecule has 0 unspecified atom stereocenters. The number of hydrogen-bond acceptors (Lipinski definition) is 4. The van der Waals surface area contributed by atoms with Crippen LogP contribution < -0.4 is 4.90 Å². The molecule has 1 aliphatic heterocycles. The van der Waals surface area contributed by atoms with Gasteiger partial charge in [0.2, 0.25) is 0 Å². The minimum atomic E-state index is -0.528. The third-order valence-corrected chi connectivity index (χ3v) is 4.15. The highest BCUT2D eigenvalue weighted by Gasteiger charge is 2.26. The Hall–Kier alpha value is -2.57. The van der Waals surface area contributed by atoms with Gasteiger partial charge in [-0.3, -0.25) is 4.79 Å². The van der Waals surface area contributed by atoms with Crippen molar-refractivity contribution in [3.63, 3.8) is 0 Å². The van der Waals surface area contributed by atoms with Gasteiger partial charge in [0.25, 0.3) is 5.91 Å². The van der Waals surface area contributed by atoms with E-state index in [0.717, 1.165) is 0 Å². The molecular weight excluding hydrogens is 314 g/mol. The summed E-state index contributed by atoms with van der Waals surface area (Å²) in [5.41, 5.74) is 0.442. The summed E-state index contributed by atoms with van der Waals surface area (Å²) in [5, 5.41) is 0. The molecule has 1 saturated heterocycles. The van der Waals surface area contributed by atoms with Crippen LogP contribution >= 0.6 is 0 Å². The van der Waals surface area contributed by atoms with Crippen LogP contribution in [0.4, 0.5) is 14.6 Å². The molecule has 1 aromatic heterocycles. The molecule has 7 heteroatoms. The molecule has 1 aliphatic rings. The van der Waals surface area contributed by atoms with Crippen molar-refractivity contribution in [1.82, 2.24) is 14.9 Å². The van der Waals surface area contributed by atoms with Gasteiger partial charge in [-0.2, -0.15) is 0 Å². The Bertz CT molecular complexity index is 745. The summed E-state index contributed by atoms with van der Waals surface area (Å²) in [4.78, 5) is 23.7. The van der Waals surface area contributed by atoms with Gasteiger partial charge in [-0.1, -0.05) is 19.1 Å². The van der Waals surface area contributed by atoms with Crippen LogP contribution in [0.2, 0.25) is 0 Å². The summed E-state index contributed by atoms with van der Waals surface area (Å²) in [7, 11) is 0. The molecule has 0 radical (unpaired) electrons. The zero-order chi connectivity index (χ0) is 17.1. The summed E-state index contributed by atoms with van der Waals surface area (Å²) in [6, 6.07) is 5.93. The average Bonchev–Trinajstić information content (AvgIpc) is 2.62. The molecule has 0 N–H and O–H groups in total. The lowest BCUT2D eigenvalue weighted by atomic mass is 10.1. The summed E-state index contributed by atoms with van der Waals surface area (Å²) < 4.78 is 28.1. The zero-order valence-electron chi connectivity index (χ0n) is 13.4. The third kappa shape index (κ3) is 3.06. The van der Waals surface area contributed by atoms with E-state index >= 15 is 0 Å². The number of benzene rings is 1. The average molecular weight is 332 g/mol. The largest absolute Gasteiger partial charge is 0.351 e. The van der Waals surface area contributed by atoms with E-state index in [4.69, 9.17) is 0 Å². The number of aryl methyl sites for hydroxylation is 1. The molecule has 0 aliphatic carbocycles. The topological polar surface area (TPSA) is 49.3 Å². The van der Waals surface area contributed by atoms with Crippen LogP contribution in [0.25, 0.3) is 0 Å². The van der Waals surface area contributed by atoms with E-state index in [1.54, 1.807) is 21.9 Å². The number of hydrogen-bond donors (Lipinski definition) is 0. The maximum Gasteiger partial charge on any atom is 0.256 e. The predicted octanol–water partition coefficient (Wildman–Crippen LogP) is 2.28. The molecule has 126 valence electrons. The number of carbonyl (C=O) groups is 1. The van der Waals surface area contributed by atoms with Crippen molar-refractivity contribution < 1.29 is 13.6 Å². The first kappa shape index (κ1) is 16.3. The zero-order valence-corrected chi connectivity index (χ0v) is 13.4. The number of halogens is 2. The Labute approximate surface area is 138 Å². The van der Waals surface area contributed by atoms with Gasteiger partial charge in [-0.05, 0) is 18.6 Å². The van der Waals surface area contributed by atoms with Crippen LogP contribution in [0.15, 0.2) is 30.6 Å². The SMILES string of the molecule is CCc1ncnc(N2CCN(C(=O)c3ccccc3F)CC2)c1F. The summed E-state index contributed by atoms with van der Waals surface area (Å²) in [6.07, 6.45) is 1.85. The number of aromatic nitrogens is 2. The molecule has 3 rings (SSSR count). The second-order valence-electron chi connectivity index (χ2n) is 5.57. The first-order chi connectivity index (χ1) is 11.6. The molecule has 2 aromatic rings. The normalized spacial score (nSPS) is 14.8. The number of amides is 1. The van der Waals surface area contributed by atoms with E-state index in [1.807, 2.05) is 6.92 Å². The van der Waals surface area contributed by atoms with Gasteiger partial charge in [0.05, 0.1) is 11.3 Å². The first-order valence-electron chi connectivity index (χ1n) is 7.90. The van der Waals surface area contributed by atoms with Crippen molar-refractivity contribution in [2.75, 3.05) is 31.1 Å². The molecule has 0 atom stereocenters. The van der Waals surface area contributed by atoms with Gasteiger partial charge in [0.1, 0.15) is 12.1 Å². The van der Waals surface area contributed by atoms with Crippen molar-refractivity contribution in [3.05, 3.63) is 53.5 Å². The lowest BCUT2D eigenvalue weighted by Gasteiger charge is -2.35. The van der Waals surface area contributed by atoms with Crippen LogP contribution in [0.3, 0.4) is 0 Å². The van der Waals surface area contributed by atoms with Gasteiger partial charge in [0.15, 0.2) is 11.6 Å². The Balaban J connectivity index is 1.70. The molecule has 1 fully saturated rings. The molecule has 0 spiro atoms. The fraction of sp³-hybridized carbons (Fsp3) is 0.353. The van der Waals surface area contributed by atoms with E-state index in [1.165, 1.54) is 18.5 Å². The van der Waals surface area contributed by atoms with Crippen molar-refractivity contribution in [1.29, 1.82) is 0 Å². The second-order valence-corrected chi connectivity index (χ2v) is 5.57. The maximum absolute atomic E-state index is 14.3. The van der Waals surface area contributed by atoms with Gasteiger partial charge in [-0.25, -0.2) is 18.7 Å². The van der Waals surface area contributed by atoms with E-state index in [-0.39, 0.29) is 17.3 Å². The van der Waals surface area contributed by atoms with Crippen LogP contribution in [-0.4, -0.2) is 47.0 Å². The minimum Gasteiger partial charge on any atom is -0.351 e.